The zero-order valence-electron chi connectivity index (χ0n) is 13.3. The van der Waals surface area contributed by atoms with Gasteiger partial charge in [-0.05, 0) is 13.0 Å². The number of pyridine rings is 1. The monoisotopic (exact) mass is 330 g/mol. The smallest absolute Gasteiger partial charge is 0.328 e. The molecule has 8 heteroatoms. The van der Waals surface area contributed by atoms with E-state index in [0.717, 1.165) is 5.56 Å². The van der Waals surface area contributed by atoms with Crippen molar-refractivity contribution in [3.8, 4) is 0 Å². The van der Waals surface area contributed by atoms with E-state index in [1.165, 1.54) is 10.8 Å². The maximum absolute atomic E-state index is 12.5. The number of aryl methyl sites for hydroxylation is 1. The number of hydrogen-bond acceptors (Lipinski definition) is 5. The quantitative estimate of drug-likeness (QED) is 0.843. The predicted molar refractivity (Wildman–Crippen MR) is 85.6 cm³/mol. The summed E-state index contributed by atoms with van der Waals surface area (Å²) in [5.41, 5.74) is 0.271. The molecule has 1 atom stereocenters. The number of aromatic amines is 1. The Kier molecular flexibility index (Phi) is 4.57. The van der Waals surface area contributed by atoms with Crippen LogP contribution in [0.2, 0.25) is 0 Å². The minimum absolute atomic E-state index is 0.115. The van der Waals surface area contributed by atoms with E-state index in [-0.39, 0.29) is 18.6 Å². The van der Waals surface area contributed by atoms with Crippen LogP contribution in [0.25, 0.3) is 0 Å². The highest BCUT2D eigenvalue weighted by Crippen LogP contribution is 2.21. The molecule has 0 aliphatic carbocycles. The summed E-state index contributed by atoms with van der Waals surface area (Å²) in [5.74, 6) is -0.194. The van der Waals surface area contributed by atoms with Crippen LogP contribution >= 0.6 is 0 Å². The zero-order chi connectivity index (χ0) is 17.1. The Morgan fingerprint density at radius 1 is 1.46 bits per heavy atom. The van der Waals surface area contributed by atoms with Gasteiger partial charge in [-0.1, -0.05) is 6.07 Å². The van der Waals surface area contributed by atoms with Crippen LogP contribution < -0.4 is 11.2 Å². The summed E-state index contributed by atoms with van der Waals surface area (Å²) in [6.07, 6.45) is 4.57. The number of carbonyl (C=O) groups is 1. The first-order valence-corrected chi connectivity index (χ1v) is 7.64. The number of morpholine rings is 1. The largest absolute Gasteiger partial charge is 0.370 e. The molecule has 0 unspecified atom stereocenters. The van der Waals surface area contributed by atoms with Crippen molar-refractivity contribution in [1.29, 1.82) is 0 Å². The van der Waals surface area contributed by atoms with Gasteiger partial charge in [-0.15, -0.1) is 0 Å². The van der Waals surface area contributed by atoms with Gasteiger partial charge in [-0.25, -0.2) is 4.79 Å². The van der Waals surface area contributed by atoms with Gasteiger partial charge in [-0.2, -0.15) is 0 Å². The molecule has 1 aliphatic rings. The van der Waals surface area contributed by atoms with Gasteiger partial charge in [0.25, 0.3) is 5.56 Å². The van der Waals surface area contributed by atoms with E-state index in [2.05, 4.69) is 9.97 Å². The maximum Gasteiger partial charge on any atom is 0.328 e. The molecule has 0 spiro atoms. The first kappa shape index (κ1) is 16.1. The second-order valence-corrected chi connectivity index (χ2v) is 5.68. The number of nitrogens with one attached hydrogen (secondary N) is 1. The van der Waals surface area contributed by atoms with E-state index in [1.54, 1.807) is 24.2 Å². The normalized spacial score (nSPS) is 17.7. The number of aromatic nitrogens is 3. The number of nitrogens with zero attached hydrogens (tertiary/aromatic N) is 3. The van der Waals surface area contributed by atoms with Crippen molar-refractivity contribution in [1.82, 2.24) is 19.4 Å². The molecular formula is C16H18N4O4. The Morgan fingerprint density at radius 3 is 3.04 bits per heavy atom. The molecule has 0 saturated carbocycles. The lowest BCUT2D eigenvalue weighted by atomic mass is 10.1. The molecule has 2 aromatic rings. The van der Waals surface area contributed by atoms with Gasteiger partial charge in [0.05, 0.1) is 13.2 Å². The minimum atomic E-state index is -0.587. The van der Waals surface area contributed by atoms with Crippen LogP contribution in [-0.2, 0) is 16.1 Å². The number of ether oxygens (including phenoxy) is 1. The molecule has 1 fully saturated rings. The van der Waals surface area contributed by atoms with Gasteiger partial charge in [0.1, 0.15) is 12.6 Å². The van der Waals surface area contributed by atoms with Gasteiger partial charge < -0.3 is 9.64 Å². The summed E-state index contributed by atoms with van der Waals surface area (Å²) in [4.78, 5) is 43.6. The third-order valence-corrected chi connectivity index (χ3v) is 3.97. The Hall–Kier alpha value is -2.74. The lowest BCUT2D eigenvalue weighted by molar-refractivity contribution is -0.139. The molecule has 3 heterocycles. The first-order valence-electron chi connectivity index (χ1n) is 7.64. The van der Waals surface area contributed by atoms with Crippen LogP contribution in [0.5, 0.6) is 0 Å². The van der Waals surface area contributed by atoms with Crippen molar-refractivity contribution >= 4 is 5.91 Å². The highest BCUT2D eigenvalue weighted by atomic mass is 16.5. The number of carbonyl (C=O) groups excluding carboxylic acids is 1. The van der Waals surface area contributed by atoms with Crippen molar-refractivity contribution in [3.05, 3.63) is 62.7 Å². The van der Waals surface area contributed by atoms with Crippen molar-refractivity contribution in [2.45, 2.75) is 19.6 Å². The lowest BCUT2D eigenvalue weighted by Gasteiger charge is -2.33. The summed E-state index contributed by atoms with van der Waals surface area (Å²) in [6, 6.07) is 3.73. The zero-order valence-corrected chi connectivity index (χ0v) is 13.3. The molecule has 1 aliphatic heterocycles. The van der Waals surface area contributed by atoms with Gasteiger partial charge >= 0.3 is 5.69 Å². The van der Waals surface area contributed by atoms with Crippen molar-refractivity contribution in [2.75, 3.05) is 19.7 Å². The number of hydrogen-bond donors (Lipinski definition) is 1. The maximum atomic E-state index is 12.5. The SMILES string of the molecule is Cc1cn(CC(=O)N2CCO[C@@H](c3cccnc3)C2)c(=O)[nH]c1=O. The number of H-pyrrole nitrogens is 1. The molecule has 24 heavy (non-hydrogen) atoms. The van der Waals surface area contributed by atoms with Crippen LogP contribution in [0.3, 0.4) is 0 Å². The fourth-order valence-corrected chi connectivity index (χ4v) is 2.63. The van der Waals surface area contributed by atoms with E-state index in [1.807, 2.05) is 12.1 Å². The van der Waals surface area contributed by atoms with Crippen LogP contribution in [0.1, 0.15) is 17.2 Å². The Morgan fingerprint density at radius 2 is 2.29 bits per heavy atom. The fourth-order valence-electron chi connectivity index (χ4n) is 2.63. The van der Waals surface area contributed by atoms with Crippen molar-refractivity contribution < 1.29 is 9.53 Å². The van der Waals surface area contributed by atoms with Gasteiger partial charge in [0.15, 0.2) is 0 Å². The molecule has 0 bridgehead atoms. The predicted octanol–water partition coefficient (Wildman–Crippen LogP) is -0.160. The molecule has 0 aromatic carbocycles. The third-order valence-electron chi connectivity index (χ3n) is 3.97. The highest BCUT2D eigenvalue weighted by Gasteiger charge is 2.25. The molecule has 126 valence electrons. The lowest BCUT2D eigenvalue weighted by Crippen LogP contribution is -2.45. The van der Waals surface area contributed by atoms with Gasteiger partial charge in [-0.3, -0.25) is 24.1 Å². The minimum Gasteiger partial charge on any atom is -0.370 e. The summed E-state index contributed by atoms with van der Waals surface area (Å²) in [5, 5.41) is 0. The van der Waals surface area contributed by atoms with Crippen LogP contribution in [0.15, 0.2) is 40.3 Å². The Balaban J connectivity index is 1.72. The van der Waals surface area contributed by atoms with E-state index < -0.39 is 11.2 Å². The Labute approximate surface area is 137 Å². The average Bonchev–Trinajstić information content (AvgIpc) is 2.60. The van der Waals surface area contributed by atoms with Gasteiger partial charge in [0.2, 0.25) is 5.91 Å². The molecule has 1 N–H and O–H groups in total. The molecule has 3 rings (SSSR count). The molecule has 1 saturated heterocycles. The third kappa shape index (κ3) is 3.43. The molecule has 1 amide bonds. The summed E-state index contributed by atoms with van der Waals surface area (Å²) in [7, 11) is 0. The topological polar surface area (TPSA) is 97.3 Å². The second-order valence-electron chi connectivity index (χ2n) is 5.68. The molecule has 2 aromatic heterocycles. The Bertz CT molecular complexity index is 843. The first-order chi connectivity index (χ1) is 11.5. The number of rotatable bonds is 3. The van der Waals surface area contributed by atoms with Crippen molar-refractivity contribution in [3.63, 3.8) is 0 Å². The fraction of sp³-hybridized carbons (Fsp3) is 0.375. The number of amides is 1. The summed E-state index contributed by atoms with van der Waals surface area (Å²) < 4.78 is 6.92. The molecule has 0 radical (unpaired) electrons. The molecule has 8 nitrogen and oxygen atoms in total. The summed E-state index contributed by atoms with van der Waals surface area (Å²) >= 11 is 0. The van der Waals surface area contributed by atoms with E-state index in [4.69, 9.17) is 4.74 Å². The van der Waals surface area contributed by atoms with Crippen LogP contribution in [0.4, 0.5) is 0 Å². The van der Waals surface area contributed by atoms with E-state index >= 15 is 0 Å². The standard InChI is InChI=1S/C16H18N4O4/c1-11-8-20(16(23)18-15(11)22)10-14(21)19-5-6-24-13(9-19)12-3-2-4-17-7-12/h2-4,7-8,13H,5-6,9-10H2,1H3,(H,18,22,23)/t13-/m1/s1. The van der Waals surface area contributed by atoms with E-state index in [9.17, 15) is 14.4 Å². The van der Waals surface area contributed by atoms with E-state index in [0.29, 0.717) is 25.3 Å². The van der Waals surface area contributed by atoms with Crippen LogP contribution in [0, 0.1) is 6.92 Å². The average molecular weight is 330 g/mol. The summed E-state index contributed by atoms with van der Waals surface area (Å²) in [6.45, 7) is 2.77. The molecular weight excluding hydrogens is 312 g/mol. The second kappa shape index (κ2) is 6.79. The van der Waals surface area contributed by atoms with Crippen molar-refractivity contribution in [2.24, 2.45) is 0 Å². The van der Waals surface area contributed by atoms with Gasteiger partial charge in [0, 0.05) is 36.3 Å². The van der Waals surface area contributed by atoms with Crippen LogP contribution in [-0.4, -0.2) is 45.0 Å². The highest BCUT2D eigenvalue weighted by molar-refractivity contribution is 5.76.